The summed E-state index contributed by atoms with van der Waals surface area (Å²) in [7, 11) is 0. The van der Waals surface area contributed by atoms with Crippen LogP contribution >= 0.6 is 0 Å². The van der Waals surface area contributed by atoms with Crippen molar-refractivity contribution in [1.29, 1.82) is 5.26 Å². The maximum atomic E-state index is 13.5. The fourth-order valence-electron chi connectivity index (χ4n) is 1.13. The minimum atomic E-state index is -0.676. The van der Waals surface area contributed by atoms with E-state index in [2.05, 4.69) is 0 Å². The minimum absolute atomic E-state index is 0.109. The van der Waals surface area contributed by atoms with Crippen LogP contribution in [-0.2, 0) is 0 Å². The maximum Gasteiger partial charge on any atom is 0.147 e. The predicted octanol–water partition coefficient (Wildman–Crippen LogP) is 0.238. The molecule has 6 N–H and O–H groups in total. The van der Waals surface area contributed by atoms with Gasteiger partial charge < -0.3 is 17.2 Å². The number of benzene rings is 1. The van der Waals surface area contributed by atoms with E-state index in [0.717, 1.165) is 0 Å². The smallest absolute Gasteiger partial charge is 0.147 e. The summed E-state index contributed by atoms with van der Waals surface area (Å²) in [6, 6.07) is 3.98. The maximum absolute atomic E-state index is 13.5. The third-order valence-corrected chi connectivity index (χ3v) is 1.97. The summed E-state index contributed by atoms with van der Waals surface area (Å²) in [5.41, 5.74) is 16.4. The molecule has 0 amide bonds. The fourth-order valence-corrected chi connectivity index (χ4v) is 1.13. The molecule has 0 saturated heterocycles. The van der Waals surface area contributed by atoms with E-state index in [1.54, 1.807) is 6.07 Å². The van der Waals surface area contributed by atoms with Crippen LogP contribution < -0.4 is 17.2 Å². The van der Waals surface area contributed by atoms with Gasteiger partial charge in [-0.25, -0.2) is 4.39 Å². The first kappa shape index (κ1) is 10.4. The molecule has 4 nitrogen and oxygen atoms in total. The van der Waals surface area contributed by atoms with Crippen LogP contribution in [0.4, 0.5) is 10.1 Å². The Morgan fingerprint density at radius 3 is 2.64 bits per heavy atom. The molecular formula is C9H11FN4. The van der Waals surface area contributed by atoms with Crippen molar-refractivity contribution in [2.75, 3.05) is 12.3 Å². The molecule has 0 fully saturated rings. The van der Waals surface area contributed by atoms with Crippen molar-refractivity contribution in [3.63, 3.8) is 0 Å². The van der Waals surface area contributed by atoms with Crippen LogP contribution in [0.3, 0.4) is 0 Å². The summed E-state index contributed by atoms with van der Waals surface area (Å²) in [5.74, 6) is -0.676. The lowest BCUT2D eigenvalue weighted by Gasteiger charge is -2.11. The summed E-state index contributed by atoms with van der Waals surface area (Å²) < 4.78 is 13.5. The quantitative estimate of drug-likeness (QED) is 0.587. The SMILES string of the molecule is N#Cc1c(N)ccc([C@H](N)CN)c1F. The number of halogens is 1. The van der Waals surface area contributed by atoms with Crippen molar-refractivity contribution in [3.05, 3.63) is 29.1 Å². The van der Waals surface area contributed by atoms with E-state index in [-0.39, 0.29) is 23.4 Å². The highest BCUT2D eigenvalue weighted by molar-refractivity contribution is 5.56. The highest BCUT2D eigenvalue weighted by Gasteiger charge is 2.15. The van der Waals surface area contributed by atoms with E-state index in [9.17, 15) is 4.39 Å². The number of anilines is 1. The van der Waals surface area contributed by atoms with Gasteiger partial charge in [-0.05, 0) is 6.07 Å². The van der Waals surface area contributed by atoms with Gasteiger partial charge in [0.05, 0.1) is 5.69 Å². The van der Waals surface area contributed by atoms with E-state index in [1.165, 1.54) is 12.1 Å². The number of nitriles is 1. The van der Waals surface area contributed by atoms with Gasteiger partial charge in [0.15, 0.2) is 0 Å². The Morgan fingerprint density at radius 2 is 2.14 bits per heavy atom. The zero-order chi connectivity index (χ0) is 10.7. The number of nitrogens with two attached hydrogens (primary N) is 3. The van der Waals surface area contributed by atoms with Crippen molar-refractivity contribution in [1.82, 2.24) is 0 Å². The zero-order valence-electron chi connectivity index (χ0n) is 7.50. The Bertz CT molecular complexity index is 383. The number of nitrogen functional groups attached to an aromatic ring is 1. The van der Waals surface area contributed by atoms with Gasteiger partial charge in [0.2, 0.25) is 0 Å². The van der Waals surface area contributed by atoms with Crippen molar-refractivity contribution < 1.29 is 4.39 Å². The molecule has 5 heteroatoms. The summed E-state index contributed by atoms with van der Waals surface area (Å²) in [5, 5.41) is 8.64. The fraction of sp³-hybridized carbons (Fsp3) is 0.222. The monoisotopic (exact) mass is 194 g/mol. The van der Waals surface area contributed by atoms with Crippen molar-refractivity contribution in [2.24, 2.45) is 11.5 Å². The summed E-state index contributed by atoms with van der Waals surface area (Å²) >= 11 is 0. The summed E-state index contributed by atoms with van der Waals surface area (Å²) in [6.45, 7) is 0.117. The molecule has 1 aromatic rings. The minimum Gasteiger partial charge on any atom is -0.398 e. The first-order chi connectivity index (χ1) is 6.61. The second-order valence-electron chi connectivity index (χ2n) is 2.89. The van der Waals surface area contributed by atoms with E-state index in [0.29, 0.717) is 0 Å². The van der Waals surface area contributed by atoms with Crippen LogP contribution in [-0.4, -0.2) is 6.54 Å². The summed E-state index contributed by atoms with van der Waals surface area (Å²) in [4.78, 5) is 0. The standard InChI is InChI=1S/C9H11FN4/c10-9-5(8(14)4-12)1-2-7(13)6(9)3-11/h1-2,8H,4,12-14H2/t8-/m1/s1. The molecule has 1 rings (SSSR count). The largest absolute Gasteiger partial charge is 0.398 e. The molecule has 0 spiro atoms. The lowest BCUT2D eigenvalue weighted by atomic mass is 10.0. The van der Waals surface area contributed by atoms with Gasteiger partial charge in [0, 0.05) is 18.2 Å². The third-order valence-electron chi connectivity index (χ3n) is 1.97. The van der Waals surface area contributed by atoms with E-state index >= 15 is 0 Å². The molecule has 74 valence electrons. The van der Waals surface area contributed by atoms with E-state index in [1.807, 2.05) is 0 Å². The lowest BCUT2D eigenvalue weighted by molar-refractivity contribution is 0.581. The average Bonchev–Trinajstić information content (AvgIpc) is 2.18. The van der Waals surface area contributed by atoms with Crippen LogP contribution in [0.15, 0.2) is 12.1 Å². The molecule has 0 aromatic heterocycles. The Kier molecular flexibility index (Phi) is 3.02. The molecule has 0 aliphatic heterocycles. The Labute approximate surface area is 81.1 Å². The number of hydrogen-bond donors (Lipinski definition) is 3. The highest BCUT2D eigenvalue weighted by atomic mass is 19.1. The summed E-state index contributed by atoms with van der Waals surface area (Å²) in [6.07, 6.45) is 0. The normalized spacial score (nSPS) is 12.1. The van der Waals surface area contributed by atoms with Crippen molar-refractivity contribution in [3.8, 4) is 6.07 Å². The predicted molar refractivity (Wildman–Crippen MR) is 51.5 cm³/mol. The molecular weight excluding hydrogens is 183 g/mol. The van der Waals surface area contributed by atoms with Gasteiger partial charge in [-0.3, -0.25) is 0 Å². The Hall–Kier alpha value is -1.64. The second kappa shape index (κ2) is 4.05. The molecule has 1 aromatic carbocycles. The van der Waals surface area contributed by atoms with Crippen molar-refractivity contribution >= 4 is 5.69 Å². The zero-order valence-corrected chi connectivity index (χ0v) is 7.50. The van der Waals surface area contributed by atoms with Gasteiger partial charge in [-0.1, -0.05) is 6.07 Å². The second-order valence-corrected chi connectivity index (χ2v) is 2.89. The highest BCUT2D eigenvalue weighted by Crippen LogP contribution is 2.22. The van der Waals surface area contributed by atoms with Gasteiger partial charge in [-0.2, -0.15) is 5.26 Å². The molecule has 0 radical (unpaired) electrons. The van der Waals surface area contributed by atoms with E-state index < -0.39 is 11.9 Å². The van der Waals surface area contributed by atoms with Crippen LogP contribution in [0.5, 0.6) is 0 Å². The Morgan fingerprint density at radius 1 is 1.50 bits per heavy atom. The van der Waals surface area contributed by atoms with Gasteiger partial charge >= 0.3 is 0 Å². The molecule has 14 heavy (non-hydrogen) atoms. The number of hydrogen-bond acceptors (Lipinski definition) is 4. The van der Waals surface area contributed by atoms with Crippen LogP contribution in [0, 0.1) is 17.1 Å². The molecule has 0 bridgehead atoms. The van der Waals surface area contributed by atoms with Crippen molar-refractivity contribution in [2.45, 2.75) is 6.04 Å². The van der Waals surface area contributed by atoms with Crippen LogP contribution in [0.2, 0.25) is 0 Å². The lowest BCUT2D eigenvalue weighted by Crippen LogP contribution is -2.22. The molecule has 1 atom stereocenters. The molecule has 0 aliphatic rings. The van der Waals surface area contributed by atoms with Crippen LogP contribution in [0.1, 0.15) is 17.2 Å². The molecule has 0 unspecified atom stereocenters. The van der Waals surface area contributed by atoms with Gasteiger partial charge in [0.25, 0.3) is 0 Å². The number of nitrogens with zero attached hydrogens (tertiary/aromatic N) is 1. The van der Waals surface area contributed by atoms with Gasteiger partial charge in [0.1, 0.15) is 17.4 Å². The molecule has 0 heterocycles. The number of rotatable bonds is 2. The van der Waals surface area contributed by atoms with Crippen LogP contribution in [0.25, 0.3) is 0 Å². The first-order valence-corrected chi connectivity index (χ1v) is 4.05. The Balaban J connectivity index is 3.30. The molecule has 0 saturated carbocycles. The van der Waals surface area contributed by atoms with Gasteiger partial charge in [-0.15, -0.1) is 0 Å². The topological polar surface area (TPSA) is 102 Å². The average molecular weight is 194 g/mol. The molecule has 0 aliphatic carbocycles. The van der Waals surface area contributed by atoms with E-state index in [4.69, 9.17) is 22.5 Å². The first-order valence-electron chi connectivity index (χ1n) is 4.05. The third kappa shape index (κ3) is 1.66.